The number of nitrogens with zero attached hydrogens (tertiary/aromatic N) is 3. The van der Waals surface area contributed by atoms with Crippen LogP contribution in [0.1, 0.15) is 54.2 Å². The Bertz CT molecular complexity index is 3390. The molecule has 0 saturated heterocycles. The molecule has 1 aromatic heterocycles. The highest BCUT2D eigenvalue weighted by molar-refractivity contribution is 5.91. The lowest BCUT2D eigenvalue weighted by Crippen LogP contribution is -2.28. The minimum atomic E-state index is -0.559. The number of allylic oxidation sites excluding steroid dienone is 3. The molecule has 310 valence electrons. The molecule has 1 aliphatic heterocycles. The molecule has 3 aliphatic rings. The highest BCUT2D eigenvalue weighted by atomic mass is 16.6. The van der Waals surface area contributed by atoms with E-state index in [1.54, 1.807) is 0 Å². The molecule has 0 unspecified atom stereocenters. The quantitative estimate of drug-likeness (QED) is 0.160. The van der Waals surface area contributed by atoms with E-state index in [4.69, 9.17) is 24.4 Å². The van der Waals surface area contributed by atoms with E-state index in [1.807, 2.05) is 60.7 Å². The second kappa shape index (κ2) is 14.7. The molecule has 0 amide bonds. The van der Waals surface area contributed by atoms with Crippen LogP contribution in [0.2, 0.25) is 0 Å². The number of aromatic nitrogens is 3. The number of hydrogen-bond donors (Lipinski definition) is 0. The minimum Gasteiger partial charge on any atom is -0.449 e. The predicted octanol–water partition coefficient (Wildman–Crippen LogP) is 15.1. The molecule has 0 N–H and O–H groups in total. The molecule has 0 radical (unpaired) electrons. The molecule has 0 bridgehead atoms. The van der Waals surface area contributed by atoms with Crippen LogP contribution in [0.15, 0.2) is 206 Å². The maximum Gasteiger partial charge on any atom is 0.177 e. The Kier molecular flexibility index (Phi) is 8.72. The van der Waals surface area contributed by atoms with Crippen LogP contribution in [-0.2, 0) is 10.8 Å². The van der Waals surface area contributed by atoms with Crippen molar-refractivity contribution in [2.24, 2.45) is 0 Å². The van der Waals surface area contributed by atoms with Crippen LogP contribution in [0.25, 0.3) is 62.0 Å². The number of benzene rings is 8. The summed E-state index contributed by atoms with van der Waals surface area (Å²) in [6, 6.07) is 65.7. The normalized spacial score (nSPS) is 14.6. The van der Waals surface area contributed by atoms with Crippen molar-refractivity contribution in [3.8, 4) is 79.4 Å². The van der Waals surface area contributed by atoms with Crippen molar-refractivity contribution in [1.82, 2.24) is 15.0 Å². The van der Waals surface area contributed by atoms with Crippen LogP contribution < -0.4 is 9.47 Å². The Labute approximate surface area is 379 Å². The first-order chi connectivity index (χ1) is 31.8. The highest BCUT2D eigenvalue weighted by Crippen LogP contribution is 2.60. The van der Waals surface area contributed by atoms with Crippen molar-refractivity contribution in [2.75, 3.05) is 0 Å². The Morgan fingerprint density at radius 2 is 1.02 bits per heavy atom. The van der Waals surface area contributed by atoms with Gasteiger partial charge in [-0.2, -0.15) is 0 Å². The second-order valence-electron chi connectivity index (χ2n) is 17.6. The summed E-state index contributed by atoms with van der Waals surface area (Å²) in [4.78, 5) is 15.6. The van der Waals surface area contributed by atoms with E-state index in [1.165, 1.54) is 44.5 Å². The van der Waals surface area contributed by atoms with Gasteiger partial charge in [0, 0.05) is 27.7 Å². The summed E-state index contributed by atoms with van der Waals surface area (Å²) >= 11 is 0. The van der Waals surface area contributed by atoms with E-state index < -0.39 is 5.41 Å². The summed E-state index contributed by atoms with van der Waals surface area (Å²) in [7, 11) is 0. The van der Waals surface area contributed by atoms with Crippen molar-refractivity contribution < 1.29 is 9.47 Å². The third kappa shape index (κ3) is 5.82. The highest BCUT2D eigenvalue weighted by Gasteiger charge is 2.47. The molecule has 0 saturated carbocycles. The number of fused-ring (bicyclic) bond motifs is 6. The minimum absolute atomic E-state index is 0.203. The topological polar surface area (TPSA) is 57.1 Å². The number of hydrogen-bond acceptors (Lipinski definition) is 5. The van der Waals surface area contributed by atoms with Gasteiger partial charge in [0.25, 0.3) is 0 Å². The van der Waals surface area contributed by atoms with Crippen LogP contribution in [-0.4, -0.2) is 15.0 Å². The van der Waals surface area contributed by atoms with Gasteiger partial charge < -0.3 is 9.47 Å². The Balaban J connectivity index is 0.992. The zero-order valence-electron chi connectivity index (χ0n) is 36.3. The van der Waals surface area contributed by atoms with Gasteiger partial charge in [-0.25, -0.2) is 15.0 Å². The van der Waals surface area contributed by atoms with Crippen molar-refractivity contribution >= 4 is 5.57 Å². The van der Waals surface area contributed by atoms with Crippen molar-refractivity contribution in [2.45, 2.75) is 31.6 Å². The molecule has 2 aliphatic carbocycles. The van der Waals surface area contributed by atoms with Gasteiger partial charge in [0.2, 0.25) is 0 Å². The SMILES string of the molecule is C=CC1=C(C)c2ccc(-c3nc(-c4ccccc4)nc(-c4ccccc4-c4cccc5c4Oc4cc6c(cc4O5)C(c4ccccc4)(c4ccccc4)c4ccccc4-6)n3)cc2C1(C)C. The molecule has 65 heavy (non-hydrogen) atoms. The van der Waals surface area contributed by atoms with Gasteiger partial charge in [-0.15, -0.1) is 0 Å². The van der Waals surface area contributed by atoms with Crippen LogP contribution in [0.3, 0.4) is 0 Å². The summed E-state index contributed by atoms with van der Waals surface area (Å²) in [5.41, 5.74) is 15.7. The number of ether oxygens (including phenoxy) is 2. The zero-order valence-corrected chi connectivity index (χ0v) is 36.3. The molecule has 9 aromatic rings. The molecule has 0 fully saturated rings. The van der Waals surface area contributed by atoms with Crippen LogP contribution in [0.4, 0.5) is 0 Å². The molecular weight excluding hydrogens is 795 g/mol. The van der Waals surface area contributed by atoms with Gasteiger partial charge >= 0.3 is 0 Å². The lowest BCUT2D eigenvalue weighted by molar-refractivity contribution is 0.360. The van der Waals surface area contributed by atoms with E-state index in [9.17, 15) is 0 Å². The molecule has 5 heteroatoms. The molecule has 5 nitrogen and oxygen atoms in total. The van der Waals surface area contributed by atoms with Crippen molar-refractivity contribution in [3.63, 3.8) is 0 Å². The first-order valence-corrected chi connectivity index (χ1v) is 22.1. The molecule has 0 spiro atoms. The van der Waals surface area contributed by atoms with Gasteiger partial charge in [-0.05, 0) is 92.4 Å². The van der Waals surface area contributed by atoms with Crippen LogP contribution in [0.5, 0.6) is 23.0 Å². The third-order valence-corrected chi connectivity index (χ3v) is 13.7. The van der Waals surface area contributed by atoms with Crippen molar-refractivity contribution in [1.29, 1.82) is 0 Å². The lowest BCUT2D eigenvalue weighted by atomic mass is 9.67. The smallest absolute Gasteiger partial charge is 0.177 e. The summed E-state index contributed by atoms with van der Waals surface area (Å²) in [6.07, 6.45) is 1.99. The predicted molar refractivity (Wildman–Crippen MR) is 261 cm³/mol. The van der Waals surface area contributed by atoms with Crippen molar-refractivity contribution in [3.05, 3.63) is 240 Å². The monoisotopic (exact) mass is 837 g/mol. The summed E-state index contributed by atoms with van der Waals surface area (Å²) in [6.45, 7) is 10.8. The van der Waals surface area contributed by atoms with E-state index in [2.05, 4.69) is 161 Å². The summed E-state index contributed by atoms with van der Waals surface area (Å²) in [5, 5.41) is 0. The summed E-state index contributed by atoms with van der Waals surface area (Å²) < 4.78 is 14.0. The first kappa shape index (κ1) is 38.5. The number of para-hydroxylation sites is 1. The van der Waals surface area contributed by atoms with Crippen LogP contribution in [0, 0.1) is 0 Å². The molecule has 12 rings (SSSR count). The number of rotatable bonds is 7. The second-order valence-corrected chi connectivity index (χ2v) is 17.6. The molecule has 0 atom stereocenters. The first-order valence-electron chi connectivity index (χ1n) is 22.1. The van der Waals surface area contributed by atoms with Gasteiger partial charge in [0.15, 0.2) is 40.5 Å². The maximum atomic E-state index is 7.06. The Hall–Kier alpha value is -8.15. The molecule has 2 heterocycles. The zero-order chi connectivity index (χ0) is 43.9. The van der Waals surface area contributed by atoms with E-state index >= 15 is 0 Å². The van der Waals surface area contributed by atoms with E-state index in [-0.39, 0.29) is 5.41 Å². The van der Waals surface area contributed by atoms with Gasteiger partial charge in [-0.1, -0.05) is 190 Å². The molecule has 8 aromatic carbocycles. The van der Waals surface area contributed by atoms with Gasteiger partial charge in [0.1, 0.15) is 0 Å². The standard InChI is InChI=1S/C60H43N3O2/c1-5-48-37(2)42-33-32-39(34-50(42)59(48,3)4)57-61-56(38-20-9-6-10-21-38)62-58(63-57)46-28-16-15-26-43(46)45-29-19-31-52-55(45)65-53-35-47-44-27-17-18-30-49(44)60(40-22-11-7-12-23-40,41-24-13-8-14-25-41)51(47)36-54(53)64-52/h5-36H,1H2,2-4H3. The van der Waals surface area contributed by atoms with Crippen LogP contribution >= 0.6 is 0 Å². The van der Waals surface area contributed by atoms with Gasteiger partial charge in [-0.3, -0.25) is 0 Å². The fourth-order valence-electron chi connectivity index (χ4n) is 10.7. The largest absolute Gasteiger partial charge is 0.449 e. The lowest BCUT2D eigenvalue weighted by Gasteiger charge is -2.34. The maximum absolute atomic E-state index is 7.06. The molecular formula is C60H43N3O2. The summed E-state index contributed by atoms with van der Waals surface area (Å²) in [5.74, 6) is 4.36. The average Bonchev–Trinajstić information content (AvgIpc) is 3.75. The Morgan fingerprint density at radius 3 is 1.72 bits per heavy atom. The Morgan fingerprint density at radius 1 is 0.431 bits per heavy atom. The fourth-order valence-corrected chi connectivity index (χ4v) is 10.7. The van der Waals surface area contributed by atoms with E-state index in [0.717, 1.165) is 38.9 Å². The van der Waals surface area contributed by atoms with E-state index in [0.29, 0.717) is 40.5 Å². The third-order valence-electron chi connectivity index (χ3n) is 13.7. The average molecular weight is 838 g/mol. The fraction of sp³-hybridized carbons (Fsp3) is 0.0833. The van der Waals surface area contributed by atoms with Gasteiger partial charge in [0.05, 0.1) is 5.41 Å².